The Bertz CT molecular complexity index is 444. The van der Waals surface area contributed by atoms with E-state index in [-0.39, 0.29) is 5.91 Å². The van der Waals surface area contributed by atoms with Gasteiger partial charge in [-0.05, 0) is 49.3 Å². The van der Waals surface area contributed by atoms with Crippen LogP contribution in [0.5, 0.6) is 0 Å². The first-order chi connectivity index (χ1) is 9.63. The zero-order valence-corrected chi connectivity index (χ0v) is 12.4. The summed E-state index contributed by atoms with van der Waals surface area (Å²) in [6.45, 7) is 2.31. The molecule has 110 valence electrons. The Balaban J connectivity index is 1.75. The minimum atomic E-state index is 0.173. The van der Waals surface area contributed by atoms with Gasteiger partial charge in [0.1, 0.15) is 0 Å². The van der Waals surface area contributed by atoms with Gasteiger partial charge >= 0.3 is 0 Å². The zero-order chi connectivity index (χ0) is 14.4. The highest BCUT2D eigenvalue weighted by atomic mass is 16.1. The predicted molar refractivity (Wildman–Crippen MR) is 83.4 cm³/mol. The monoisotopic (exact) mass is 274 g/mol. The molecule has 3 N–H and O–H groups in total. The number of hydrogen-bond donors (Lipinski definition) is 2. The van der Waals surface area contributed by atoms with Crippen LogP contribution in [0.15, 0.2) is 24.3 Å². The standard InChI is InChI=1S/C17H26N2O/c1-13-4-2-7-16(10-8-13)19-17(20)11-9-14-5-3-6-15(18)12-14/h3,5-6,12-13,16H,2,4,7-11,18H2,1H3,(H,19,20). The van der Waals surface area contributed by atoms with Gasteiger partial charge in [0.15, 0.2) is 0 Å². The number of nitrogen functional groups attached to an aromatic ring is 1. The zero-order valence-electron chi connectivity index (χ0n) is 12.4. The Labute approximate surface area is 121 Å². The Morgan fingerprint density at radius 2 is 2.15 bits per heavy atom. The van der Waals surface area contributed by atoms with Crippen LogP contribution in [0, 0.1) is 5.92 Å². The van der Waals surface area contributed by atoms with Crippen molar-refractivity contribution in [2.45, 2.75) is 57.9 Å². The quantitative estimate of drug-likeness (QED) is 0.654. The summed E-state index contributed by atoms with van der Waals surface area (Å²) in [7, 11) is 0. The number of carbonyl (C=O) groups is 1. The lowest BCUT2D eigenvalue weighted by Crippen LogP contribution is -2.34. The fourth-order valence-electron chi connectivity index (χ4n) is 2.94. The fraction of sp³-hybridized carbons (Fsp3) is 0.588. The van der Waals surface area contributed by atoms with E-state index in [1.165, 1.54) is 19.3 Å². The molecule has 0 aliphatic heterocycles. The van der Waals surface area contributed by atoms with Crippen LogP contribution in [-0.2, 0) is 11.2 Å². The average Bonchev–Trinajstić information content (AvgIpc) is 2.62. The SMILES string of the molecule is CC1CCCC(NC(=O)CCc2cccc(N)c2)CC1. The summed E-state index contributed by atoms with van der Waals surface area (Å²) in [6.07, 6.45) is 7.35. The third-order valence-corrected chi connectivity index (χ3v) is 4.21. The normalized spacial score (nSPS) is 23.1. The van der Waals surface area contributed by atoms with E-state index in [2.05, 4.69) is 12.2 Å². The fourth-order valence-corrected chi connectivity index (χ4v) is 2.94. The van der Waals surface area contributed by atoms with Crippen LogP contribution in [-0.4, -0.2) is 11.9 Å². The maximum absolute atomic E-state index is 12.0. The molecule has 0 radical (unpaired) electrons. The highest BCUT2D eigenvalue weighted by Crippen LogP contribution is 2.22. The Morgan fingerprint density at radius 1 is 1.30 bits per heavy atom. The molecule has 1 amide bonds. The number of aryl methyl sites for hydroxylation is 1. The number of amides is 1. The number of hydrogen-bond acceptors (Lipinski definition) is 2. The van der Waals surface area contributed by atoms with Crippen LogP contribution in [0.4, 0.5) is 5.69 Å². The minimum absolute atomic E-state index is 0.173. The van der Waals surface area contributed by atoms with Gasteiger partial charge in [-0.15, -0.1) is 0 Å². The number of rotatable bonds is 4. The lowest BCUT2D eigenvalue weighted by atomic mass is 10.0. The summed E-state index contributed by atoms with van der Waals surface area (Å²) in [6, 6.07) is 8.16. The molecule has 2 unspecified atom stereocenters. The Hall–Kier alpha value is -1.51. The first-order valence-corrected chi connectivity index (χ1v) is 7.77. The molecule has 20 heavy (non-hydrogen) atoms. The summed E-state index contributed by atoms with van der Waals surface area (Å²) in [4.78, 5) is 12.0. The molecular formula is C17H26N2O. The molecule has 2 atom stereocenters. The summed E-state index contributed by atoms with van der Waals surface area (Å²) >= 11 is 0. The van der Waals surface area contributed by atoms with Crippen LogP contribution < -0.4 is 11.1 Å². The summed E-state index contributed by atoms with van der Waals surface area (Å²) < 4.78 is 0. The van der Waals surface area contributed by atoms with Gasteiger partial charge in [0, 0.05) is 18.2 Å². The number of nitrogens with two attached hydrogens (primary N) is 1. The maximum Gasteiger partial charge on any atom is 0.220 e. The van der Waals surface area contributed by atoms with Gasteiger partial charge in [-0.1, -0.05) is 31.9 Å². The first kappa shape index (κ1) is 14.9. The molecule has 1 aliphatic carbocycles. The number of carbonyl (C=O) groups excluding carboxylic acids is 1. The molecule has 1 aliphatic rings. The molecule has 1 saturated carbocycles. The van der Waals surface area contributed by atoms with Gasteiger partial charge in [0.2, 0.25) is 5.91 Å². The van der Waals surface area contributed by atoms with Crippen LogP contribution in [0.25, 0.3) is 0 Å². The second kappa shape index (κ2) is 7.32. The topological polar surface area (TPSA) is 55.1 Å². The molecule has 0 spiro atoms. The van der Waals surface area contributed by atoms with E-state index in [9.17, 15) is 4.79 Å². The Kier molecular flexibility index (Phi) is 5.45. The van der Waals surface area contributed by atoms with Crippen molar-refractivity contribution < 1.29 is 4.79 Å². The van der Waals surface area contributed by atoms with Crippen molar-refractivity contribution in [3.63, 3.8) is 0 Å². The average molecular weight is 274 g/mol. The molecule has 0 aromatic heterocycles. The van der Waals surface area contributed by atoms with Crippen LogP contribution in [0.1, 0.15) is 51.0 Å². The van der Waals surface area contributed by atoms with E-state index >= 15 is 0 Å². The van der Waals surface area contributed by atoms with Crippen LogP contribution in [0.3, 0.4) is 0 Å². The van der Waals surface area contributed by atoms with E-state index in [1.807, 2.05) is 24.3 Å². The van der Waals surface area contributed by atoms with Crippen molar-refractivity contribution in [2.75, 3.05) is 5.73 Å². The van der Waals surface area contributed by atoms with Gasteiger partial charge in [0.25, 0.3) is 0 Å². The summed E-state index contributed by atoms with van der Waals surface area (Å²) in [5.41, 5.74) is 7.64. The molecule has 0 heterocycles. The molecule has 3 heteroatoms. The van der Waals surface area contributed by atoms with Crippen molar-refractivity contribution in [2.24, 2.45) is 5.92 Å². The van der Waals surface area contributed by atoms with Crippen molar-refractivity contribution in [3.05, 3.63) is 29.8 Å². The summed E-state index contributed by atoms with van der Waals surface area (Å²) in [5.74, 6) is 0.983. The van der Waals surface area contributed by atoms with Gasteiger partial charge in [-0.2, -0.15) is 0 Å². The van der Waals surface area contributed by atoms with E-state index < -0.39 is 0 Å². The van der Waals surface area contributed by atoms with Crippen molar-refractivity contribution in [1.82, 2.24) is 5.32 Å². The molecule has 0 bridgehead atoms. The van der Waals surface area contributed by atoms with E-state index in [4.69, 9.17) is 5.73 Å². The number of anilines is 1. The lowest BCUT2D eigenvalue weighted by molar-refractivity contribution is -0.121. The van der Waals surface area contributed by atoms with E-state index in [0.717, 1.165) is 36.4 Å². The largest absolute Gasteiger partial charge is 0.399 e. The first-order valence-electron chi connectivity index (χ1n) is 7.77. The maximum atomic E-state index is 12.0. The van der Waals surface area contributed by atoms with Crippen molar-refractivity contribution in [3.8, 4) is 0 Å². The number of nitrogens with one attached hydrogen (secondary N) is 1. The van der Waals surface area contributed by atoms with Gasteiger partial charge in [-0.3, -0.25) is 4.79 Å². The second-order valence-electron chi connectivity index (χ2n) is 6.12. The molecule has 2 rings (SSSR count). The number of benzene rings is 1. The van der Waals surface area contributed by atoms with Gasteiger partial charge in [0.05, 0.1) is 0 Å². The highest BCUT2D eigenvalue weighted by Gasteiger charge is 2.17. The van der Waals surface area contributed by atoms with E-state index in [1.54, 1.807) is 0 Å². The van der Waals surface area contributed by atoms with Gasteiger partial charge < -0.3 is 11.1 Å². The second-order valence-corrected chi connectivity index (χ2v) is 6.12. The van der Waals surface area contributed by atoms with Crippen LogP contribution >= 0.6 is 0 Å². The molecule has 1 aromatic carbocycles. The van der Waals surface area contributed by atoms with Crippen molar-refractivity contribution in [1.29, 1.82) is 0 Å². The highest BCUT2D eigenvalue weighted by molar-refractivity contribution is 5.76. The molecule has 0 saturated heterocycles. The predicted octanol–water partition coefficient (Wildman–Crippen LogP) is 3.29. The van der Waals surface area contributed by atoms with Crippen molar-refractivity contribution >= 4 is 11.6 Å². The van der Waals surface area contributed by atoms with E-state index in [0.29, 0.717) is 12.5 Å². The third kappa shape index (κ3) is 4.87. The third-order valence-electron chi connectivity index (χ3n) is 4.21. The molecule has 3 nitrogen and oxygen atoms in total. The van der Waals surface area contributed by atoms with Gasteiger partial charge in [-0.25, -0.2) is 0 Å². The molecule has 1 fully saturated rings. The smallest absolute Gasteiger partial charge is 0.220 e. The Morgan fingerprint density at radius 3 is 2.95 bits per heavy atom. The molecular weight excluding hydrogens is 248 g/mol. The molecule has 1 aromatic rings. The van der Waals surface area contributed by atoms with Crippen LogP contribution in [0.2, 0.25) is 0 Å². The summed E-state index contributed by atoms with van der Waals surface area (Å²) in [5, 5.41) is 3.19. The lowest BCUT2D eigenvalue weighted by Gasteiger charge is -2.16. The minimum Gasteiger partial charge on any atom is -0.399 e.